The number of nitriles is 1. The number of rotatable bonds is 3. The van der Waals surface area contributed by atoms with Gasteiger partial charge in [-0.05, 0) is 18.2 Å². The van der Waals surface area contributed by atoms with Crippen LogP contribution in [-0.2, 0) is 7.05 Å². The number of anilines is 1. The van der Waals surface area contributed by atoms with Crippen molar-refractivity contribution in [1.29, 1.82) is 5.26 Å². The zero-order valence-corrected chi connectivity index (χ0v) is 10.9. The van der Waals surface area contributed by atoms with Gasteiger partial charge in [0.1, 0.15) is 17.5 Å². The van der Waals surface area contributed by atoms with Crippen LogP contribution in [0, 0.1) is 11.3 Å². The number of phenols is 1. The number of methoxy groups -OCH3 is 1. The molecule has 1 amide bonds. The highest BCUT2D eigenvalue weighted by Gasteiger charge is 2.14. The fraction of sp³-hybridized carbons (Fsp3) is 0.154. The molecule has 0 unspecified atom stereocenters. The van der Waals surface area contributed by atoms with Gasteiger partial charge in [0.15, 0.2) is 11.5 Å². The maximum atomic E-state index is 12.1. The summed E-state index contributed by atoms with van der Waals surface area (Å²) in [6.07, 6.45) is 1.36. The molecule has 0 aliphatic heterocycles. The second-order valence-corrected chi connectivity index (χ2v) is 3.98. The van der Waals surface area contributed by atoms with Crippen molar-refractivity contribution >= 4 is 11.7 Å². The monoisotopic (exact) mass is 272 g/mol. The second kappa shape index (κ2) is 5.32. The minimum Gasteiger partial charge on any atom is -0.504 e. The third-order valence-corrected chi connectivity index (χ3v) is 2.73. The van der Waals surface area contributed by atoms with Gasteiger partial charge in [-0.1, -0.05) is 0 Å². The Morgan fingerprint density at radius 3 is 2.90 bits per heavy atom. The number of aromatic hydroxyl groups is 1. The van der Waals surface area contributed by atoms with Gasteiger partial charge in [-0.2, -0.15) is 10.4 Å². The van der Waals surface area contributed by atoms with Crippen LogP contribution < -0.4 is 10.1 Å². The largest absolute Gasteiger partial charge is 0.504 e. The molecule has 7 nitrogen and oxygen atoms in total. The van der Waals surface area contributed by atoms with Gasteiger partial charge in [0.25, 0.3) is 5.91 Å². The van der Waals surface area contributed by atoms with Gasteiger partial charge in [-0.15, -0.1) is 0 Å². The quantitative estimate of drug-likeness (QED) is 0.876. The molecule has 0 fully saturated rings. The van der Waals surface area contributed by atoms with Crippen LogP contribution in [0.25, 0.3) is 0 Å². The molecule has 2 aromatic rings. The smallest absolute Gasteiger partial charge is 0.256 e. The van der Waals surface area contributed by atoms with E-state index < -0.39 is 5.91 Å². The Morgan fingerprint density at radius 2 is 2.30 bits per heavy atom. The maximum absolute atomic E-state index is 12.1. The summed E-state index contributed by atoms with van der Waals surface area (Å²) >= 11 is 0. The maximum Gasteiger partial charge on any atom is 0.256 e. The number of nitrogens with one attached hydrogen (secondary N) is 1. The molecule has 1 aromatic heterocycles. The average molecular weight is 272 g/mol. The standard InChI is InChI=1S/C13H12N4O3/c1-17-12(9(6-14)7-15-17)16-13(19)8-3-4-11(20-2)10(18)5-8/h3-5,7,18H,1-2H3,(H,16,19). The van der Waals surface area contributed by atoms with Crippen molar-refractivity contribution in [2.24, 2.45) is 7.05 Å². The molecule has 20 heavy (non-hydrogen) atoms. The van der Waals surface area contributed by atoms with E-state index >= 15 is 0 Å². The van der Waals surface area contributed by atoms with Crippen molar-refractivity contribution in [3.05, 3.63) is 35.5 Å². The van der Waals surface area contributed by atoms with Gasteiger partial charge < -0.3 is 15.2 Å². The van der Waals surface area contributed by atoms with Crippen molar-refractivity contribution < 1.29 is 14.6 Å². The van der Waals surface area contributed by atoms with Gasteiger partial charge in [-0.25, -0.2) is 0 Å². The first-order valence-electron chi connectivity index (χ1n) is 5.67. The van der Waals surface area contributed by atoms with Gasteiger partial charge in [-0.3, -0.25) is 9.48 Å². The first kappa shape index (κ1) is 13.4. The number of carbonyl (C=O) groups excluding carboxylic acids is 1. The molecule has 0 radical (unpaired) electrons. The number of nitrogens with zero attached hydrogens (tertiary/aromatic N) is 3. The number of carbonyl (C=O) groups is 1. The molecular weight excluding hydrogens is 260 g/mol. The summed E-state index contributed by atoms with van der Waals surface area (Å²) < 4.78 is 6.29. The van der Waals surface area contributed by atoms with Gasteiger partial charge in [0.05, 0.1) is 13.3 Å². The van der Waals surface area contributed by atoms with Crippen molar-refractivity contribution in [1.82, 2.24) is 9.78 Å². The Morgan fingerprint density at radius 1 is 1.55 bits per heavy atom. The average Bonchev–Trinajstić information content (AvgIpc) is 2.79. The SMILES string of the molecule is COc1ccc(C(=O)Nc2c(C#N)cnn2C)cc1O. The van der Waals surface area contributed by atoms with Gasteiger partial charge >= 0.3 is 0 Å². The van der Waals surface area contributed by atoms with Crippen LogP contribution in [0.5, 0.6) is 11.5 Å². The molecule has 0 spiro atoms. The molecule has 0 aliphatic carbocycles. The predicted octanol–water partition coefficient (Wildman–Crippen LogP) is 1.26. The number of aromatic nitrogens is 2. The Balaban J connectivity index is 2.27. The van der Waals surface area contributed by atoms with Crippen LogP contribution in [-0.4, -0.2) is 27.9 Å². The Kier molecular flexibility index (Phi) is 3.57. The molecule has 0 atom stereocenters. The van der Waals surface area contributed by atoms with E-state index in [1.807, 2.05) is 6.07 Å². The van der Waals surface area contributed by atoms with E-state index in [1.54, 1.807) is 7.05 Å². The summed E-state index contributed by atoms with van der Waals surface area (Å²) in [7, 11) is 3.03. The van der Waals surface area contributed by atoms with E-state index in [4.69, 9.17) is 10.00 Å². The van der Waals surface area contributed by atoms with Crippen LogP contribution in [0.1, 0.15) is 15.9 Å². The van der Waals surface area contributed by atoms with E-state index in [9.17, 15) is 9.90 Å². The van der Waals surface area contributed by atoms with E-state index in [2.05, 4.69) is 10.4 Å². The number of ether oxygens (including phenoxy) is 1. The number of amides is 1. The van der Waals surface area contributed by atoms with Crippen LogP contribution in [0.2, 0.25) is 0 Å². The Labute approximate surface area is 115 Å². The van der Waals surface area contributed by atoms with E-state index in [1.165, 1.54) is 36.2 Å². The lowest BCUT2D eigenvalue weighted by Crippen LogP contribution is -2.15. The van der Waals surface area contributed by atoms with Crippen molar-refractivity contribution in [2.45, 2.75) is 0 Å². The molecule has 1 heterocycles. The molecule has 102 valence electrons. The van der Waals surface area contributed by atoms with E-state index in [0.717, 1.165) is 0 Å². The molecule has 7 heteroatoms. The molecule has 0 saturated heterocycles. The minimum atomic E-state index is -0.456. The highest BCUT2D eigenvalue weighted by molar-refractivity contribution is 6.04. The lowest BCUT2D eigenvalue weighted by atomic mass is 10.2. The summed E-state index contributed by atoms with van der Waals surface area (Å²) in [4.78, 5) is 12.1. The summed E-state index contributed by atoms with van der Waals surface area (Å²) in [5, 5.41) is 25.0. The van der Waals surface area contributed by atoms with E-state index in [0.29, 0.717) is 5.82 Å². The first-order chi connectivity index (χ1) is 9.56. The number of benzene rings is 1. The van der Waals surface area contributed by atoms with Gasteiger partial charge in [0, 0.05) is 12.6 Å². The van der Waals surface area contributed by atoms with Crippen LogP contribution in [0.15, 0.2) is 24.4 Å². The number of hydrogen-bond donors (Lipinski definition) is 2. The topological polar surface area (TPSA) is 100 Å². The van der Waals surface area contributed by atoms with Crippen molar-refractivity contribution in [3.8, 4) is 17.6 Å². The van der Waals surface area contributed by atoms with Crippen molar-refractivity contribution in [3.63, 3.8) is 0 Å². The Bertz CT molecular complexity index is 700. The zero-order chi connectivity index (χ0) is 14.7. The molecular formula is C13H12N4O3. The Hall–Kier alpha value is -3.01. The van der Waals surface area contributed by atoms with Gasteiger partial charge in [0.2, 0.25) is 0 Å². The minimum absolute atomic E-state index is 0.134. The molecule has 0 bridgehead atoms. The normalized spacial score (nSPS) is 9.85. The predicted molar refractivity (Wildman–Crippen MR) is 70.5 cm³/mol. The third-order valence-electron chi connectivity index (χ3n) is 2.73. The lowest BCUT2D eigenvalue weighted by Gasteiger charge is -2.08. The molecule has 1 aromatic carbocycles. The lowest BCUT2D eigenvalue weighted by molar-refractivity contribution is 0.102. The summed E-state index contributed by atoms with van der Waals surface area (Å²) in [5.41, 5.74) is 0.506. The number of phenolic OH excluding ortho intramolecular Hbond substituents is 1. The summed E-state index contributed by atoms with van der Waals surface area (Å²) in [5.74, 6) is -0.0127. The van der Waals surface area contributed by atoms with Crippen molar-refractivity contribution in [2.75, 3.05) is 12.4 Å². The fourth-order valence-corrected chi connectivity index (χ4v) is 1.68. The molecule has 2 N–H and O–H groups in total. The highest BCUT2D eigenvalue weighted by Crippen LogP contribution is 2.26. The zero-order valence-electron chi connectivity index (χ0n) is 10.9. The van der Waals surface area contributed by atoms with Crippen LogP contribution >= 0.6 is 0 Å². The highest BCUT2D eigenvalue weighted by atomic mass is 16.5. The molecule has 2 rings (SSSR count). The number of hydrogen-bond acceptors (Lipinski definition) is 5. The van der Waals surface area contributed by atoms with E-state index in [-0.39, 0.29) is 22.6 Å². The summed E-state index contributed by atoms with van der Waals surface area (Å²) in [6.45, 7) is 0. The number of aryl methyl sites for hydroxylation is 1. The van der Waals surface area contributed by atoms with Crippen LogP contribution in [0.4, 0.5) is 5.82 Å². The second-order valence-electron chi connectivity index (χ2n) is 3.98. The van der Waals surface area contributed by atoms with Crippen LogP contribution in [0.3, 0.4) is 0 Å². The fourth-order valence-electron chi connectivity index (χ4n) is 1.68. The molecule has 0 saturated carbocycles. The first-order valence-corrected chi connectivity index (χ1v) is 5.67. The third kappa shape index (κ3) is 2.40. The molecule has 0 aliphatic rings. The summed E-state index contributed by atoms with van der Waals surface area (Å²) in [6, 6.07) is 6.22.